The van der Waals surface area contributed by atoms with E-state index >= 15 is 0 Å². The van der Waals surface area contributed by atoms with Crippen molar-refractivity contribution in [1.29, 1.82) is 0 Å². The summed E-state index contributed by atoms with van der Waals surface area (Å²) in [5.41, 5.74) is 1.16. The lowest BCUT2D eigenvalue weighted by Crippen LogP contribution is -2.48. The molecule has 1 heterocycles. The number of carbonyl (C=O) groups is 3. The Hall–Kier alpha value is -2.41. The summed E-state index contributed by atoms with van der Waals surface area (Å²) >= 11 is 0. The number of benzene rings is 1. The molecular formula is C18H22N2O5. The number of aryl methyl sites for hydroxylation is 1. The molecule has 1 aromatic rings. The van der Waals surface area contributed by atoms with Gasteiger partial charge in [0.15, 0.2) is 0 Å². The lowest BCUT2D eigenvalue weighted by Gasteiger charge is -2.40. The molecule has 2 aliphatic rings. The van der Waals surface area contributed by atoms with Crippen LogP contribution in [0.5, 0.6) is 0 Å². The molecule has 3 rings (SSSR count). The minimum Gasteiger partial charge on any atom is -0.478 e. The molecule has 7 nitrogen and oxygen atoms in total. The fraction of sp³-hybridized carbons (Fsp3) is 0.500. The van der Waals surface area contributed by atoms with Crippen molar-refractivity contribution in [2.45, 2.75) is 50.2 Å². The van der Waals surface area contributed by atoms with Gasteiger partial charge in [-0.3, -0.25) is 9.59 Å². The Balaban J connectivity index is 1.65. The molecule has 0 aromatic heterocycles. The Morgan fingerprint density at radius 1 is 1.40 bits per heavy atom. The summed E-state index contributed by atoms with van der Waals surface area (Å²) in [7, 11) is 1.61. The lowest BCUT2D eigenvalue weighted by atomic mass is 9.77. The fourth-order valence-electron chi connectivity index (χ4n) is 3.41. The molecule has 0 saturated heterocycles. The summed E-state index contributed by atoms with van der Waals surface area (Å²) in [6.07, 6.45) is 3.95. The highest BCUT2D eigenvalue weighted by Crippen LogP contribution is 2.38. The zero-order valence-electron chi connectivity index (χ0n) is 14.1. The molecule has 1 aliphatic heterocycles. The van der Waals surface area contributed by atoms with Gasteiger partial charge >= 0.3 is 5.97 Å². The minimum absolute atomic E-state index is 0.183. The Bertz CT molecular complexity index is 706. The quantitative estimate of drug-likeness (QED) is 0.753. The number of carboxylic acid groups (broad SMARTS) is 1. The third-order valence-electron chi connectivity index (χ3n) is 5.14. The first-order valence-electron chi connectivity index (χ1n) is 8.44. The first-order chi connectivity index (χ1) is 11.9. The van der Waals surface area contributed by atoms with Gasteiger partial charge in [-0.25, -0.2) is 4.79 Å². The highest BCUT2D eigenvalue weighted by molar-refractivity contribution is 5.99. The maximum Gasteiger partial charge on any atom is 0.335 e. The van der Waals surface area contributed by atoms with E-state index < -0.39 is 12.0 Å². The average Bonchev–Trinajstić information content (AvgIpc) is 2.69. The van der Waals surface area contributed by atoms with E-state index in [1.165, 1.54) is 6.07 Å². The molecule has 1 atom stereocenters. The molecule has 2 amide bonds. The Labute approximate surface area is 145 Å². The lowest BCUT2D eigenvalue weighted by molar-refractivity contribution is -0.136. The van der Waals surface area contributed by atoms with Gasteiger partial charge in [-0.1, -0.05) is 0 Å². The molecular weight excluding hydrogens is 324 g/mol. The van der Waals surface area contributed by atoms with E-state index in [9.17, 15) is 14.4 Å². The predicted octanol–water partition coefficient (Wildman–Crippen LogP) is 1.71. The molecule has 1 aliphatic carbocycles. The second-order valence-electron chi connectivity index (χ2n) is 6.74. The zero-order valence-corrected chi connectivity index (χ0v) is 14.1. The second kappa shape index (κ2) is 6.84. The average molecular weight is 346 g/mol. The van der Waals surface area contributed by atoms with E-state index in [-0.39, 0.29) is 29.4 Å². The van der Waals surface area contributed by atoms with Crippen molar-refractivity contribution in [3.05, 3.63) is 29.3 Å². The monoisotopic (exact) mass is 346 g/mol. The van der Waals surface area contributed by atoms with Crippen molar-refractivity contribution in [2.75, 3.05) is 12.4 Å². The number of anilines is 1. The number of carbonyl (C=O) groups excluding carboxylic acids is 2. The van der Waals surface area contributed by atoms with Crippen LogP contribution in [0.4, 0.5) is 5.69 Å². The molecule has 134 valence electrons. The standard InChI is InChI=1S/C18H22N2O5/c1-25-18(7-2-8-18)10-15(21)19-14-6-3-11-9-12(17(23)24)4-5-13(11)20-16(14)22/h4-5,9,14H,2-3,6-8,10H2,1H3,(H,19,21)(H,20,22)(H,23,24). The number of aromatic carboxylic acids is 1. The Morgan fingerprint density at radius 2 is 2.16 bits per heavy atom. The topological polar surface area (TPSA) is 105 Å². The summed E-state index contributed by atoms with van der Waals surface area (Å²) < 4.78 is 5.45. The highest BCUT2D eigenvalue weighted by atomic mass is 16.5. The van der Waals surface area contributed by atoms with Gasteiger partial charge in [0, 0.05) is 12.8 Å². The molecule has 7 heteroatoms. The van der Waals surface area contributed by atoms with E-state index in [0.717, 1.165) is 24.8 Å². The third-order valence-corrected chi connectivity index (χ3v) is 5.14. The van der Waals surface area contributed by atoms with E-state index in [2.05, 4.69) is 10.6 Å². The number of ether oxygens (including phenoxy) is 1. The molecule has 0 radical (unpaired) electrons. The molecule has 0 spiro atoms. The Morgan fingerprint density at radius 3 is 2.76 bits per heavy atom. The largest absolute Gasteiger partial charge is 0.478 e. The summed E-state index contributed by atoms with van der Waals surface area (Å²) in [4.78, 5) is 35.8. The van der Waals surface area contributed by atoms with Gasteiger partial charge in [0.2, 0.25) is 11.8 Å². The van der Waals surface area contributed by atoms with Gasteiger partial charge in [0.25, 0.3) is 0 Å². The maximum absolute atomic E-state index is 12.4. The Kier molecular flexibility index (Phi) is 4.76. The van der Waals surface area contributed by atoms with E-state index in [0.29, 0.717) is 18.5 Å². The van der Waals surface area contributed by atoms with Crippen LogP contribution in [0.1, 0.15) is 48.0 Å². The molecule has 1 fully saturated rings. The van der Waals surface area contributed by atoms with Crippen molar-refractivity contribution >= 4 is 23.5 Å². The van der Waals surface area contributed by atoms with Crippen molar-refractivity contribution < 1.29 is 24.2 Å². The van der Waals surface area contributed by atoms with Crippen molar-refractivity contribution in [1.82, 2.24) is 5.32 Å². The molecule has 1 unspecified atom stereocenters. The van der Waals surface area contributed by atoms with Crippen LogP contribution in [0.25, 0.3) is 0 Å². The van der Waals surface area contributed by atoms with Gasteiger partial charge in [-0.05, 0) is 55.9 Å². The summed E-state index contributed by atoms with van der Waals surface area (Å²) in [5.74, 6) is -1.48. The molecule has 25 heavy (non-hydrogen) atoms. The zero-order chi connectivity index (χ0) is 18.0. The number of carboxylic acids is 1. The number of hydrogen-bond donors (Lipinski definition) is 3. The fourth-order valence-corrected chi connectivity index (χ4v) is 3.41. The second-order valence-corrected chi connectivity index (χ2v) is 6.74. The number of methoxy groups -OCH3 is 1. The number of fused-ring (bicyclic) bond motifs is 1. The maximum atomic E-state index is 12.4. The van der Waals surface area contributed by atoms with Gasteiger partial charge in [0.05, 0.1) is 17.6 Å². The number of rotatable bonds is 5. The highest BCUT2D eigenvalue weighted by Gasteiger charge is 2.39. The number of nitrogens with one attached hydrogen (secondary N) is 2. The summed E-state index contributed by atoms with van der Waals surface area (Å²) in [6.45, 7) is 0. The van der Waals surface area contributed by atoms with E-state index in [4.69, 9.17) is 9.84 Å². The van der Waals surface area contributed by atoms with Crippen LogP contribution in [0.15, 0.2) is 18.2 Å². The van der Waals surface area contributed by atoms with Crippen LogP contribution in [-0.4, -0.2) is 41.6 Å². The van der Waals surface area contributed by atoms with Crippen molar-refractivity contribution in [3.63, 3.8) is 0 Å². The van der Waals surface area contributed by atoms with Gasteiger partial charge in [0.1, 0.15) is 6.04 Å². The summed E-state index contributed by atoms with van der Waals surface area (Å²) in [5, 5.41) is 14.6. The minimum atomic E-state index is -1.01. The van der Waals surface area contributed by atoms with Gasteiger partial charge in [-0.2, -0.15) is 0 Å². The van der Waals surface area contributed by atoms with E-state index in [1.54, 1.807) is 19.2 Å². The van der Waals surface area contributed by atoms with E-state index in [1.807, 2.05) is 0 Å². The van der Waals surface area contributed by atoms with Crippen LogP contribution in [0.2, 0.25) is 0 Å². The summed E-state index contributed by atoms with van der Waals surface area (Å²) in [6, 6.07) is 3.98. The van der Waals surface area contributed by atoms with Crippen molar-refractivity contribution in [2.24, 2.45) is 0 Å². The van der Waals surface area contributed by atoms with Crippen LogP contribution < -0.4 is 10.6 Å². The van der Waals surface area contributed by atoms with Gasteiger partial charge < -0.3 is 20.5 Å². The first-order valence-corrected chi connectivity index (χ1v) is 8.44. The molecule has 1 saturated carbocycles. The SMILES string of the molecule is COC1(CC(=O)NC2CCc3cc(C(=O)O)ccc3NC2=O)CCC1. The van der Waals surface area contributed by atoms with Crippen LogP contribution >= 0.6 is 0 Å². The van der Waals surface area contributed by atoms with Gasteiger partial charge in [-0.15, -0.1) is 0 Å². The third kappa shape index (κ3) is 3.66. The number of hydrogen-bond acceptors (Lipinski definition) is 4. The van der Waals surface area contributed by atoms with Crippen LogP contribution in [0, 0.1) is 0 Å². The number of amides is 2. The van der Waals surface area contributed by atoms with Crippen molar-refractivity contribution in [3.8, 4) is 0 Å². The van der Waals surface area contributed by atoms with Crippen LogP contribution in [0.3, 0.4) is 0 Å². The molecule has 0 bridgehead atoms. The molecule has 3 N–H and O–H groups in total. The normalized spacial score (nSPS) is 21.3. The smallest absolute Gasteiger partial charge is 0.335 e. The predicted molar refractivity (Wildman–Crippen MR) is 90.5 cm³/mol. The molecule has 1 aromatic carbocycles. The first kappa shape index (κ1) is 17.4. The van der Waals surface area contributed by atoms with Crippen LogP contribution in [-0.2, 0) is 20.7 Å².